The van der Waals surface area contributed by atoms with Gasteiger partial charge in [0, 0.05) is 52.2 Å². The van der Waals surface area contributed by atoms with Crippen molar-refractivity contribution in [1.82, 2.24) is 24.3 Å². The molecular formula is C20H29N5O2. The Kier molecular flexibility index (Phi) is 6.45. The standard InChI is InChI=1S/C20H29N5O2/c1-3-23(4-2)20(27)15-22-11-13-24(14-12-22)19(26)9-10-25-16-21-17-7-5-6-8-18(17)25/h5-8,16H,3-4,9-15H2,1-2H3. The van der Waals surface area contributed by atoms with Gasteiger partial charge in [0.05, 0.1) is 23.9 Å². The Morgan fingerprint density at radius 1 is 1.07 bits per heavy atom. The summed E-state index contributed by atoms with van der Waals surface area (Å²) in [6, 6.07) is 7.96. The van der Waals surface area contributed by atoms with E-state index >= 15 is 0 Å². The van der Waals surface area contributed by atoms with Crippen molar-refractivity contribution >= 4 is 22.8 Å². The molecular weight excluding hydrogens is 342 g/mol. The number of fused-ring (bicyclic) bond motifs is 1. The Labute approximate surface area is 160 Å². The van der Waals surface area contributed by atoms with E-state index in [1.807, 2.05) is 52.5 Å². The van der Waals surface area contributed by atoms with E-state index in [-0.39, 0.29) is 11.8 Å². The van der Waals surface area contributed by atoms with Gasteiger partial charge >= 0.3 is 0 Å². The van der Waals surface area contributed by atoms with E-state index in [1.165, 1.54) is 0 Å². The van der Waals surface area contributed by atoms with E-state index in [0.29, 0.717) is 32.6 Å². The number of carbonyl (C=O) groups is 2. The van der Waals surface area contributed by atoms with Gasteiger partial charge in [0.25, 0.3) is 0 Å². The summed E-state index contributed by atoms with van der Waals surface area (Å²) < 4.78 is 2.03. The molecule has 1 aliphatic rings. The Bertz CT molecular complexity index is 776. The minimum absolute atomic E-state index is 0.169. The fourth-order valence-electron chi connectivity index (χ4n) is 3.59. The highest BCUT2D eigenvalue weighted by atomic mass is 16.2. The van der Waals surface area contributed by atoms with Gasteiger partial charge in [-0.15, -0.1) is 0 Å². The lowest BCUT2D eigenvalue weighted by molar-refractivity contribution is -0.135. The lowest BCUT2D eigenvalue weighted by Gasteiger charge is -2.35. The number of para-hydroxylation sites is 2. The van der Waals surface area contributed by atoms with E-state index in [2.05, 4.69) is 9.88 Å². The number of likely N-dealkylation sites (N-methyl/N-ethyl adjacent to an activating group) is 1. The van der Waals surface area contributed by atoms with E-state index in [0.717, 1.165) is 37.2 Å². The summed E-state index contributed by atoms with van der Waals surface area (Å²) in [6.45, 7) is 9.48. The molecule has 0 aliphatic carbocycles. The number of imidazole rings is 1. The third kappa shape index (κ3) is 4.66. The first-order chi connectivity index (χ1) is 13.1. The van der Waals surface area contributed by atoms with Gasteiger partial charge in [0.1, 0.15) is 0 Å². The summed E-state index contributed by atoms with van der Waals surface area (Å²) in [6.07, 6.45) is 2.27. The number of hydrogen-bond donors (Lipinski definition) is 0. The summed E-state index contributed by atoms with van der Waals surface area (Å²) in [5.41, 5.74) is 2.02. The van der Waals surface area contributed by atoms with Gasteiger partial charge in [-0.05, 0) is 26.0 Å². The number of hydrogen-bond acceptors (Lipinski definition) is 4. The lowest BCUT2D eigenvalue weighted by Crippen LogP contribution is -2.51. The molecule has 0 saturated carbocycles. The molecule has 3 rings (SSSR count). The topological polar surface area (TPSA) is 61.7 Å². The zero-order valence-corrected chi connectivity index (χ0v) is 16.3. The fourth-order valence-corrected chi connectivity index (χ4v) is 3.59. The van der Waals surface area contributed by atoms with Crippen molar-refractivity contribution in [3.8, 4) is 0 Å². The number of carbonyl (C=O) groups excluding carboxylic acids is 2. The van der Waals surface area contributed by atoms with Crippen LogP contribution in [-0.2, 0) is 16.1 Å². The summed E-state index contributed by atoms with van der Waals surface area (Å²) in [7, 11) is 0. The molecule has 0 bridgehead atoms. The van der Waals surface area contributed by atoms with Gasteiger partial charge < -0.3 is 14.4 Å². The van der Waals surface area contributed by atoms with Gasteiger partial charge in [-0.3, -0.25) is 14.5 Å². The van der Waals surface area contributed by atoms with Crippen molar-refractivity contribution < 1.29 is 9.59 Å². The molecule has 2 aromatic rings. The average molecular weight is 371 g/mol. The first-order valence-electron chi connectivity index (χ1n) is 9.80. The third-order valence-electron chi connectivity index (χ3n) is 5.29. The van der Waals surface area contributed by atoms with Crippen molar-refractivity contribution in [1.29, 1.82) is 0 Å². The van der Waals surface area contributed by atoms with E-state index in [4.69, 9.17) is 0 Å². The highest BCUT2D eigenvalue weighted by molar-refractivity contribution is 5.79. The molecule has 1 fully saturated rings. The van der Waals surface area contributed by atoms with Crippen LogP contribution in [0.1, 0.15) is 20.3 Å². The SMILES string of the molecule is CCN(CC)C(=O)CN1CCN(C(=O)CCn2cnc3ccccc32)CC1. The number of aryl methyl sites for hydroxylation is 1. The average Bonchev–Trinajstić information content (AvgIpc) is 3.11. The maximum atomic E-state index is 12.6. The van der Waals surface area contributed by atoms with Gasteiger partial charge in [-0.25, -0.2) is 4.98 Å². The van der Waals surface area contributed by atoms with E-state index < -0.39 is 0 Å². The number of rotatable bonds is 7. The lowest BCUT2D eigenvalue weighted by atomic mass is 10.2. The van der Waals surface area contributed by atoms with Crippen molar-refractivity contribution in [2.75, 3.05) is 45.8 Å². The first-order valence-corrected chi connectivity index (χ1v) is 9.80. The first kappa shape index (κ1) is 19.4. The monoisotopic (exact) mass is 371 g/mol. The van der Waals surface area contributed by atoms with Crippen LogP contribution in [0.15, 0.2) is 30.6 Å². The van der Waals surface area contributed by atoms with Gasteiger partial charge in [-0.2, -0.15) is 0 Å². The minimum atomic E-state index is 0.169. The second kappa shape index (κ2) is 8.99. The highest BCUT2D eigenvalue weighted by Crippen LogP contribution is 2.13. The molecule has 27 heavy (non-hydrogen) atoms. The van der Waals surface area contributed by atoms with Crippen LogP contribution < -0.4 is 0 Å². The van der Waals surface area contributed by atoms with Gasteiger partial charge in [-0.1, -0.05) is 12.1 Å². The molecule has 1 aromatic carbocycles. The van der Waals surface area contributed by atoms with Crippen LogP contribution in [0.3, 0.4) is 0 Å². The fraction of sp³-hybridized carbons (Fsp3) is 0.550. The Hall–Kier alpha value is -2.41. The van der Waals surface area contributed by atoms with Crippen LogP contribution in [0.4, 0.5) is 0 Å². The van der Waals surface area contributed by atoms with Crippen molar-refractivity contribution in [3.05, 3.63) is 30.6 Å². The van der Waals surface area contributed by atoms with Crippen LogP contribution in [-0.4, -0.2) is 81.9 Å². The minimum Gasteiger partial charge on any atom is -0.342 e. The molecule has 1 aliphatic heterocycles. The molecule has 0 unspecified atom stereocenters. The molecule has 7 heteroatoms. The van der Waals surface area contributed by atoms with E-state index in [9.17, 15) is 9.59 Å². The van der Waals surface area contributed by atoms with Crippen molar-refractivity contribution in [3.63, 3.8) is 0 Å². The molecule has 1 saturated heterocycles. The predicted octanol–water partition coefficient (Wildman–Crippen LogP) is 1.44. The maximum Gasteiger partial charge on any atom is 0.236 e. The number of nitrogens with zero attached hydrogens (tertiary/aromatic N) is 5. The third-order valence-corrected chi connectivity index (χ3v) is 5.29. The Morgan fingerprint density at radius 2 is 1.78 bits per heavy atom. The molecule has 0 atom stereocenters. The molecule has 2 amide bonds. The molecule has 7 nitrogen and oxygen atoms in total. The van der Waals surface area contributed by atoms with Gasteiger partial charge in [0.2, 0.25) is 11.8 Å². The summed E-state index contributed by atoms with van der Waals surface area (Å²) in [4.78, 5) is 35.1. The summed E-state index contributed by atoms with van der Waals surface area (Å²) in [5, 5.41) is 0. The van der Waals surface area contributed by atoms with Crippen LogP contribution >= 0.6 is 0 Å². The number of amides is 2. The van der Waals surface area contributed by atoms with Gasteiger partial charge in [0.15, 0.2) is 0 Å². The maximum absolute atomic E-state index is 12.6. The highest BCUT2D eigenvalue weighted by Gasteiger charge is 2.23. The molecule has 0 N–H and O–H groups in total. The van der Waals surface area contributed by atoms with Crippen LogP contribution in [0, 0.1) is 0 Å². The smallest absolute Gasteiger partial charge is 0.236 e. The largest absolute Gasteiger partial charge is 0.342 e. The number of benzene rings is 1. The van der Waals surface area contributed by atoms with E-state index in [1.54, 1.807) is 6.33 Å². The normalized spacial score (nSPS) is 15.3. The Morgan fingerprint density at radius 3 is 2.48 bits per heavy atom. The Balaban J connectivity index is 1.45. The second-order valence-electron chi connectivity index (χ2n) is 6.90. The quantitative estimate of drug-likeness (QED) is 0.739. The molecule has 2 heterocycles. The van der Waals surface area contributed by atoms with Crippen molar-refractivity contribution in [2.24, 2.45) is 0 Å². The molecule has 0 spiro atoms. The number of piperazine rings is 1. The summed E-state index contributed by atoms with van der Waals surface area (Å²) in [5.74, 6) is 0.342. The number of aromatic nitrogens is 2. The van der Waals surface area contributed by atoms with Crippen LogP contribution in [0.25, 0.3) is 11.0 Å². The summed E-state index contributed by atoms with van der Waals surface area (Å²) >= 11 is 0. The van der Waals surface area contributed by atoms with Crippen LogP contribution in [0.2, 0.25) is 0 Å². The molecule has 146 valence electrons. The molecule has 1 aromatic heterocycles. The molecule has 0 radical (unpaired) electrons. The van der Waals surface area contributed by atoms with Crippen LogP contribution in [0.5, 0.6) is 0 Å². The predicted molar refractivity (Wildman–Crippen MR) is 105 cm³/mol. The second-order valence-corrected chi connectivity index (χ2v) is 6.90. The van der Waals surface area contributed by atoms with Crippen molar-refractivity contribution in [2.45, 2.75) is 26.8 Å². The zero-order chi connectivity index (χ0) is 19.2. The zero-order valence-electron chi connectivity index (χ0n) is 16.3.